The average Bonchev–Trinajstić information content (AvgIpc) is 2.52. The number of ether oxygens (including phenoxy) is 1. The Hall–Kier alpha value is -0.860. The Bertz CT molecular complexity index is 365. The molecule has 0 radical (unpaired) electrons. The topological polar surface area (TPSA) is 53.0 Å². The Labute approximate surface area is 128 Å². The lowest BCUT2D eigenvalue weighted by molar-refractivity contribution is -0.223. The average molecular weight is 324 g/mol. The van der Waals surface area contributed by atoms with Gasteiger partial charge in [-0.2, -0.15) is 13.2 Å². The van der Waals surface area contributed by atoms with Crippen LogP contribution in [0, 0.1) is 5.92 Å². The molecule has 0 aromatic rings. The third-order valence-corrected chi connectivity index (χ3v) is 4.42. The third-order valence-electron chi connectivity index (χ3n) is 4.42. The number of rotatable bonds is 4. The van der Waals surface area contributed by atoms with Crippen LogP contribution < -0.4 is 0 Å². The van der Waals surface area contributed by atoms with Gasteiger partial charge in [0.15, 0.2) is 6.10 Å². The Balaban J connectivity index is 1.68. The maximum atomic E-state index is 12.5. The minimum Gasteiger partial charge on any atom is -0.383 e. The van der Waals surface area contributed by atoms with Crippen molar-refractivity contribution < 1.29 is 27.8 Å². The summed E-state index contributed by atoms with van der Waals surface area (Å²) < 4.78 is 42.6. The summed E-state index contributed by atoms with van der Waals surface area (Å²) in [4.78, 5) is 15.8. The van der Waals surface area contributed by atoms with Gasteiger partial charge in [-0.05, 0) is 31.8 Å². The number of carbonyl (C=O) groups is 1. The minimum atomic E-state index is -4.54. The molecule has 128 valence electrons. The number of nitrogens with zero attached hydrogens (tertiary/aromatic N) is 2. The normalized spacial score (nSPS) is 23.5. The summed E-state index contributed by atoms with van der Waals surface area (Å²) >= 11 is 0. The van der Waals surface area contributed by atoms with Gasteiger partial charge in [0.1, 0.15) is 0 Å². The van der Waals surface area contributed by atoms with Crippen LogP contribution >= 0.6 is 0 Å². The van der Waals surface area contributed by atoms with Gasteiger partial charge in [0.05, 0.1) is 13.2 Å². The first-order valence-corrected chi connectivity index (χ1v) is 7.70. The fourth-order valence-electron chi connectivity index (χ4n) is 2.98. The molecule has 0 aromatic carbocycles. The number of halogens is 3. The van der Waals surface area contributed by atoms with Gasteiger partial charge >= 0.3 is 6.18 Å². The van der Waals surface area contributed by atoms with E-state index in [9.17, 15) is 23.1 Å². The maximum Gasteiger partial charge on any atom is 0.414 e. The molecule has 2 aliphatic rings. The number of piperidine rings is 1. The molecule has 0 saturated carbocycles. The fourth-order valence-corrected chi connectivity index (χ4v) is 2.98. The van der Waals surface area contributed by atoms with Crippen molar-refractivity contribution in [1.82, 2.24) is 9.80 Å². The number of hydrogen-bond donors (Lipinski definition) is 1. The number of morpholine rings is 1. The van der Waals surface area contributed by atoms with E-state index in [4.69, 9.17) is 4.74 Å². The number of carbonyl (C=O) groups excluding carboxylic acids is 1. The Morgan fingerprint density at radius 3 is 2.32 bits per heavy atom. The van der Waals surface area contributed by atoms with Gasteiger partial charge in [-0.3, -0.25) is 4.79 Å². The van der Waals surface area contributed by atoms with Gasteiger partial charge in [-0.1, -0.05) is 0 Å². The molecule has 22 heavy (non-hydrogen) atoms. The number of aliphatic hydroxyl groups is 1. The van der Waals surface area contributed by atoms with Crippen molar-refractivity contribution in [1.29, 1.82) is 0 Å². The van der Waals surface area contributed by atoms with E-state index >= 15 is 0 Å². The number of alkyl halides is 3. The predicted molar refractivity (Wildman–Crippen MR) is 73.2 cm³/mol. The molecule has 8 heteroatoms. The number of aliphatic hydroxyl groups excluding tert-OH is 1. The molecule has 0 aromatic heterocycles. The van der Waals surface area contributed by atoms with Crippen molar-refractivity contribution in [3.8, 4) is 0 Å². The second-order valence-corrected chi connectivity index (χ2v) is 5.91. The first-order chi connectivity index (χ1) is 10.4. The molecule has 2 aliphatic heterocycles. The van der Waals surface area contributed by atoms with Crippen molar-refractivity contribution >= 4 is 5.91 Å². The molecule has 1 unspecified atom stereocenters. The number of likely N-dealkylation sites (tertiary alicyclic amines) is 1. The summed E-state index contributed by atoms with van der Waals surface area (Å²) in [6.07, 6.45) is -5.77. The highest BCUT2D eigenvalue weighted by atomic mass is 19.4. The quantitative estimate of drug-likeness (QED) is 0.834. The second-order valence-electron chi connectivity index (χ2n) is 5.91. The molecule has 1 amide bonds. The van der Waals surface area contributed by atoms with Crippen LogP contribution in [0.15, 0.2) is 0 Å². The zero-order valence-corrected chi connectivity index (χ0v) is 12.5. The third kappa shape index (κ3) is 4.82. The van der Waals surface area contributed by atoms with Gasteiger partial charge < -0.3 is 19.6 Å². The van der Waals surface area contributed by atoms with Crippen LogP contribution in [0.3, 0.4) is 0 Å². The van der Waals surface area contributed by atoms with Crippen molar-refractivity contribution in [2.75, 3.05) is 45.9 Å². The van der Waals surface area contributed by atoms with E-state index in [1.165, 1.54) is 0 Å². The largest absolute Gasteiger partial charge is 0.414 e. The molecule has 2 fully saturated rings. The van der Waals surface area contributed by atoms with Crippen LogP contribution in [-0.2, 0) is 9.53 Å². The van der Waals surface area contributed by atoms with Crippen molar-refractivity contribution in [2.24, 2.45) is 5.92 Å². The van der Waals surface area contributed by atoms with Crippen LogP contribution in [0.4, 0.5) is 13.2 Å². The SMILES string of the molecule is O=C(CCN1CCC(C(O)C(F)(F)F)CC1)N1CCOCC1. The lowest BCUT2D eigenvalue weighted by Gasteiger charge is -2.35. The fraction of sp³-hybridized carbons (Fsp3) is 0.929. The predicted octanol–water partition coefficient (Wildman–Crippen LogP) is 0.871. The maximum absolute atomic E-state index is 12.5. The summed E-state index contributed by atoms with van der Waals surface area (Å²) in [5, 5.41) is 9.27. The molecule has 0 spiro atoms. The van der Waals surface area contributed by atoms with Crippen LogP contribution in [-0.4, -0.2) is 79.0 Å². The zero-order chi connectivity index (χ0) is 16.2. The van der Waals surface area contributed by atoms with Crippen LogP contribution in [0.2, 0.25) is 0 Å². The Morgan fingerprint density at radius 2 is 1.77 bits per heavy atom. The molecule has 0 aliphatic carbocycles. The highest BCUT2D eigenvalue weighted by molar-refractivity contribution is 5.76. The van der Waals surface area contributed by atoms with E-state index in [1.54, 1.807) is 4.90 Å². The molecule has 1 N–H and O–H groups in total. The lowest BCUT2D eigenvalue weighted by atomic mass is 9.91. The second kappa shape index (κ2) is 7.61. The molecular weight excluding hydrogens is 301 g/mol. The summed E-state index contributed by atoms with van der Waals surface area (Å²) in [7, 11) is 0. The number of hydrogen-bond acceptors (Lipinski definition) is 4. The number of amides is 1. The standard InChI is InChI=1S/C14H23F3N2O3/c15-14(16,17)13(21)11-1-4-18(5-2-11)6-3-12(20)19-7-9-22-10-8-19/h11,13,21H,1-10H2. The molecule has 1 atom stereocenters. The lowest BCUT2D eigenvalue weighted by Crippen LogP contribution is -2.45. The van der Waals surface area contributed by atoms with Crippen LogP contribution in [0.5, 0.6) is 0 Å². The monoisotopic (exact) mass is 324 g/mol. The van der Waals surface area contributed by atoms with Crippen molar-refractivity contribution in [3.63, 3.8) is 0 Å². The van der Waals surface area contributed by atoms with E-state index < -0.39 is 18.2 Å². The molecular formula is C14H23F3N2O3. The van der Waals surface area contributed by atoms with Gasteiger partial charge in [0, 0.05) is 26.1 Å². The highest BCUT2D eigenvalue weighted by Gasteiger charge is 2.44. The smallest absolute Gasteiger partial charge is 0.383 e. The van der Waals surface area contributed by atoms with Crippen LogP contribution in [0.25, 0.3) is 0 Å². The summed E-state index contributed by atoms with van der Waals surface area (Å²) in [6.45, 7) is 3.89. The van der Waals surface area contributed by atoms with Crippen LogP contribution in [0.1, 0.15) is 19.3 Å². The minimum absolute atomic E-state index is 0.0701. The Kier molecular flexibility index (Phi) is 6.05. The van der Waals surface area contributed by atoms with Gasteiger partial charge in [0.25, 0.3) is 0 Å². The van der Waals surface area contributed by atoms with E-state index in [0.29, 0.717) is 65.2 Å². The van der Waals surface area contributed by atoms with Gasteiger partial charge in [-0.15, -0.1) is 0 Å². The first kappa shape index (κ1) is 17.5. The van der Waals surface area contributed by atoms with Crippen molar-refractivity contribution in [2.45, 2.75) is 31.5 Å². The molecule has 5 nitrogen and oxygen atoms in total. The molecule has 2 saturated heterocycles. The molecule has 2 rings (SSSR count). The first-order valence-electron chi connectivity index (χ1n) is 7.70. The Morgan fingerprint density at radius 1 is 1.18 bits per heavy atom. The van der Waals surface area contributed by atoms with E-state index in [-0.39, 0.29) is 5.91 Å². The zero-order valence-electron chi connectivity index (χ0n) is 12.5. The van der Waals surface area contributed by atoms with E-state index in [1.807, 2.05) is 4.90 Å². The summed E-state index contributed by atoms with van der Waals surface area (Å²) in [5.41, 5.74) is 0. The van der Waals surface area contributed by atoms with E-state index in [2.05, 4.69) is 0 Å². The molecule has 0 bridgehead atoms. The van der Waals surface area contributed by atoms with E-state index in [0.717, 1.165) is 0 Å². The highest BCUT2D eigenvalue weighted by Crippen LogP contribution is 2.31. The summed E-state index contributed by atoms with van der Waals surface area (Å²) in [6, 6.07) is 0. The van der Waals surface area contributed by atoms with Crippen molar-refractivity contribution in [3.05, 3.63) is 0 Å². The molecule has 2 heterocycles. The van der Waals surface area contributed by atoms with Gasteiger partial charge in [0.2, 0.25) is 5.91 Å². The summed E-state index contributed by atoms with van der Waals surface area (Å²) in [5.74, 6) is -0.660. The van der Waals surface area contributed by atoms with Gasteiger partial charge in [-0.25, -0.2) is 0 Å².